The molecule has 2 N–H and O–H groups in total. The van der Waals surface area contributed by atoms with E-state index in [-0.39, 0.29) is 36.1 Å². The third kappa shape index (κ3) is 4.72. The maximum absolute atomic E-state index is 13.7. The van der Waals surface area contributed by atoms with Crippen LogP contribution >= 0.6 is 0 Å². The maximum atomic E-state index is 13.7. The summed E-state index contributed by atoms with van der Waals surface area (Å²) in [6, 6.07) is 10.8. The number of aromatic nitrogens is 1. The van der Waals surface area contributed by atoms with Crippen molar-refractivity contribution in [1.82, 2.24) is 15.4 Å². The summed E-state index contributed by atoms with van der Waals surface area (Å²) in [5, 5.41) is 17.5. The molecule has 1 aromatic heterocycles. The number of amides is 2. The van der Waals surface area contributed by atoms with Gasteiger partial charge in [-0.05, 0) is 24.3 Å². The highest BCUT2D eigenvalue weighted by Crippen LogP contribution is 2.42. The Bertz CT molecular complexity index is 946. The van der Waals surface area contributed by atoms with Crippen molar-refractivity contribution in [2.24, 2.45) is 5.92 Å². The van der Waals surface area contributed by atoms with Crippen LogP contribution in [-0.4, -0.2) is 45.7 Å². The molecule has 1 aliphatic carbocycles. The number of aliphatic hydroxyl groups excluding tert-OH is 1. The predicted octanol–water partition coefficient (Wildman–Crippen LogP) is 3.13. The molecule has 172 valence electrons. The topological polar surface area (TPSA) is 95.7 Å². The molecule has 2 amide bonds. The first-order chi connectivity index (χ1) is 15.2. The van der Waals surface area contributed by atoms with E-state index in [1.807, 2.05) is 36.4 Å². The van der Waals surface area contributed by atoms with Gasteiger partial charge in [-0.3, -0.25) is 9.59 Å². The van der Waals surface area contributed by atoms with Crippen LogP contribution in [0.3, 0.4) is 0 Å². The molecule has 0 radical (unpaired) electrons. The SMILES string of the molecule is CC(C)(C)c1cc(C(C(=O)N2CC(O)CC2C(=O)NCc2ccccc2)C2CCC2)on1. The molecule has 1 saturated heterocycles. The summed E-state index contributed by atoms with van der Waals surface area (Å²) in [5.41, 5.74) is 1.61. The van der Waals surface area contributed by atoms with Crippen molar-refractivity contribution in [3.8, 4) is 0 Å². The molecule has 1 saturated carbocycles. The minimum atomic E-state index is -0.715. The molecule has 2 aromatic rings. The maximum Gasteiger partial charge on any atom is 0.243 e. The zero-order valence-electron chi connectivity index (χ0n) is 19.1. The zero-order valence-corrected chi connectivity index (χ0v) is 19.1. The smallest absolute Gasteiger partial charge is 0.243 e. The van der Waals surface area contributed by atoms with E-state index in [1.54, 1.807) is 4.90 Å². The highest BCUT2D eigenvalue weighted by atomic mass is 16.5. The minimum absolute atomic E-state index is 0.150. The molecular weight excluding hydrogens is 406 g/mol. The first-order valence-corrected chi connectivity index (χ1v) is 11.5. The number of hydrogen-bond donors (Lipinski definition) is 2. The van der Waals surface area contributed by atoms with Crippen molar-refractivity contribution in [1.29, 1.82) is 0 Å². The Morgan fingerprint density at radius 2 is 1.97 bits per heavy atom. The summed E-state index contributed by atoms with van der Waals surface area (Å²) in [4.78, 5) is 28.2. The van der Waals surface area contributed by atoms with Gasteiger partial charge in [0.15, 0.2) is 0 Å². The number of carbonyl (C=O) groups is 2. The molecule has 7 heteroatoms. The lowest BCUT2D eigenvalue weighted by atomic mass is 9.74. The molecule has 2 fully saturated rings. The quantitative estimate of drug-likeness (QED) is 0.721. The number of likely N-dealkylation sites (tertiary alicyclic amines) is 1. The van der Waals surface area contributed by atoms with Gasteiger partial charge in [0.2, 0.25) is 11.8 Å². The fourth-order valence-electron chi connectivity index (χ4n) is 4.51. The van der Waals surface area contributed by atoms with Crippen LogP contribution in [0.2, 0.25) is 0 Å². The zero-order chi connectivity index (χ0) is 22.9. The molecule has 0 bridgehead atoms. The largest absolute Gasteiger partial charge is 0.391 e. The van der Waals surface area contributed by atoms with E-state index in [1.165, 1.54) is 0 Å². The summed E-state index contributed by atoms with van der Waals surface area (Å²) in [6.45, 7) is 6.71. The predicted molar refractivity (Wildman–Crippen MR) is 120 cm³/mol. The number of rotatable bonds is 6. The van der Waals surface area contributed by atoms with E-state index in [9.17, 15) is 14.7 Å². The summed E-state index contributed by atoms with van der Waals surface area (Å²) in [7, 11) is 0. The average molecular weight is 440 g/mol. The van der Waals surface area contributed by atoms with E-state index in [0.29, 0.717) is 12.3 Å². The van der Waals surface area contributed by atoms with Gasteiger partial charge in [0, 0.05) is 31.0 Å². The first kappa shape index (κ1) is 22.5. The second-order valence-corrected chi connectivity index (χ2v) is 10.1. The van der Waals surface area contributed by atoms with Gasteiger partial charge in [0.25, 0.3) is 0 Å². The third-order valence-electron chi connectivity index (χ3n) is 6.66. The van der Waals surface area contributed by atoms with Crippen LogP contribution in [0.25, 0.3) is 0 Å². The highest BCUT2D eigenvalue weighted by Gasteiger charge is 2.45. The highest BCUT2D eigenvalue weighted by molar-refractivity contribution is 5.91. The molecule has 3 unspecified atom stereocenters. The summed E-state index contributed by atoms with van der Waals surface area (Å²) in [5.74, 6) is -0.118. The lowest BCUT2D eigenvalue weighted by molar-refractivity contribution is -0.141. The first-order valence-electron chi connectivity index (χ1n) is 11.5. The molecule has 2 aliphatic rings. The van der Waals surface area contributed by atoms with Gasteiger partial charge in [0.1, 0.15) is 17.7 Å². The molecule has 2 heterocycles. The van der Waals surface area contributed by atoms with Crippen molar-refractivity contribution in [2.75, 3.05) is 6.54 Å². The summed E-state index contributed by atoms with van der Waals surface area (Å²) in [6.07, 6.45) is 2.51. The fourth-order valence-corrected chi connectivity index (χ4v) is 4.51. The second kappa shape index (κ2) is 9.06. The standard InChI is InChI=1S/C25H33N3O4/c1-25(2,3)21-13-20(32-27-21)22(17-10-7-11-17)24(31)28-15-18(29)12-19(28)23(30)26-14-16-8-5-4-6-9-16/h4-6,8-9,13,17-19,22,29H,7,10-12,14-15H2,1-3H3,(H,26,30). The number of benzene rings is 1. The normalized spacial score (nSPS) is 22.4. The van der Waals surface area contributed by atoms with E-state index < -0.39 is 18.1 Å². The van der Waals surface area contributed by atoms with Gasteiger partial charge < -0.3 is 19.8 Å². The Balaban J connectivity index is 1.52. The molecular formula is C25H33N3O4. The Morgan fingerprint density at radius 3 is 2.56 bits per heavy atom. The molecule has 1 aromatic carbocycles. The lowest BCUT2D eigenvalue weighted by Crippen LogP contribution is -2.48. The van der Waals surface area contributed by atoms with E-state index in [4.69, 9.17) is 4.52 Å². The van der Waals surface area contributed by atoms with E-state index in [2.05, 4.69) is 31.2 Å². The van der Waals surface area contributed by atoms with Crippen LogP contribution in [-0.2, 0) is 21.5 Å². The molecule has 0 spiro atoms. The molecule has 1 aliphatic heterocycles. The second-order valence-electron chi connectivity index (χ2n) is 10.1. The Kier molecular flexibility index (Phi) is 6.38. The van der Waals surface area contributed by atoms with Gasteiger partial charge in [0.05, 0.1) is 11.8 Å². The van der Waals surface area contributed by atoms with Crippen molar-refractivity contribution in [2.45, 2.75) is 76.5 Å². The van der Waals surface area contributed by atoms with Crippen LogP contribution in [0.15, 0.2) is 40.9 Å². The van der Waals surface area contributed by atoms with E-state index in [0.717, 1.165) is 30.5 Å². The average Bonchev–Trinajstić information content (AvgIpc) is 3.36. The van der Waals surface area contributed by atoms with Crippen molar-refractivity contribution >= 4 is 11.8 Å². The van der Waals surface area contributed by atoms with Crippen LogP contribution in [0.5, 0.6) is 0 Å². The van der Waals surface area contributed by atoms with Crippen LogP contribution in [0, 0.1) is 5.92 Å². The van der Waals surface area contributed by atoms with Gasteiger partial charge in [-0.15, -0.1) is 0 Å². The van der Waals surface area contributed by atoms with Gasteiger partial charge in [-0.1, -0.05) is 62.7 Å². The van der Waals surface area contributed by atoms with Gasteiger partial charge >= 0.3 is 0 Å². The number of nitrogens with one attached hydrogen (secondary N) is 1. The van der Waals surface area contributed by atoms with Crippen LogP contribution in [0.4, 0.5) is 0 Å². The Hall–Kier alpha value is -2.67. The Labute approximate surface area is 189 Å². The van der Waals surface area contributed by atoms with Crippen molar-refractivity contribution < 1.29 is 19.2 Å². The number of hydrogen-bond acceptors (Lipinski definition) is 5. The van der Waals surface area contributed by atoms with Gasteiger partial charge in [-0.25, -0.2) is 0 Å². The number of β-amino-alcohol motifs (C(OH)–C–C–N with tert-alkyl or cyclic N) is 1. The Morgan fingerprint density at radius 1 is 1.25 bits per heavy atom. The van der Waals surface area contributed by atoms with Crippen molar-refractivity contribution in [3.63, 3.8) is 0 Å². The number of aliphatic hydroxyl groups is 1. The summed E-state index contributed by atoms with van der Waals surface area (Å²) < 4.78 is 5.66. The van der Waals surface area contributed by atoms with Crippen LogP contribution < -0.4 is 5.32 Å². The number of carbonyl (C=O) groups excluding carboxylic acids is 2. The molecule has 4 rings (SSSR count). The molecule has 7 nitrogen and oxygen atoms in total. The third-order valence-corrected chi connectivity index (χ3v) is 6.66. The lowest BCUT2D eigenvalue weighted by Gasteiger charge is -2.35. The fraction of sp³-hybridized carbons (Fsp3) is 0.560. The molecule has 32 heavy (non-hydrogen) atoms. The minimum Gasteiger partial charge on any atom is -0.391 e. The summed E-state index contributed by atoms with van der Waals surface area (Å²) >= 11 is 0. The van der Waals surface area contributed by atoms with Crippen molar-refractivity contribution in [3.05, 3.63) is 53.4 Å². The van der Waals surface area contributed by atoms with Gasteiger partial charge in [-0.2, -0.15) is 0 Å². The van der Waals surface area contributed by atoms with E-state index >= 15 is 0 Å². The molecule has 3 atom stereocenters. The van der Waals surface area contributed by atoms with Crippen LogP contribution in [0.1, 0.15) is 69.4 Å². The number of nitrogens with zero attached hydrogens (tertiary/aromatic N) is 2. The monoisotopic (exact) mass is 439 g/mol.